The maximum Gasteiger partial charge on any atom is 0.149 e. The van der Waals surface area contributed by atoms with Gasteiger partial charge in [0.1, 0.15) is 5.82 Å². The van der Waals surface area contributed by atoms with Crippen LogP contribution in [0, 0.1) is 13.8 Å². The van der Waals surface area contributed by atoms with E-state index in [2.05, 4.69) is 15.3 Å². The van der Waals surface area contributed by atoms with Crippen LogP contribution >= 0.6 is 0 Å². The Kier molecular flexibility index (Phi) is 3.23. The molecule has 2 aromatic heterocycles. The lowest BCUT2D eigenvalue weighted by Gasteiger charge is -2.08. The smallest absolute Gasteiger partial charge is 0.149 e. The predicted octanol–water partition coefficient (Wildman–Crippen LogP) is 2.29. The number of nitrogens with zero attached hydrogens (tertiary/aromatic N) is 2. The Morgan fingerprint density at radius 3 is 2.59 bits per heavy atom. The number of aromatic nitrogens is 2. The summed E-state index contributed by atoms with van der Waals surface area (Å²) in [6.07, 6.45) is 0. The van der Waals surface area contributed by atoms with Crippen molar-refractivity contribution in [2.24, 2.45) is 0 Å². The molecule has 0 aliphatic rings. The van der Waals surface area contributed by atoms with Gasteiger partial charge in [-0.3, -0.25) is 4.98 Å². The third kappa shape index (κ3) is 2.93. The van der Waals surface area contributed by atoms with E-state index in [0.717, 1.165) is 17.1 Å². The highest BCUT2D eigenvalue weighted by Crippen LogP contribution is 2.15. The number of rotatable bonds is 3. The Balaban J connectivity index is 2.09. The molecule has 0 aliphatic heterocycles. The lowest BCUT2D eigenvalue weighted by Crippen LogP contribution is -2.06. The fourth-order valence-corrected chi connectivity index (χ4v) is 1.58. The molecule has 4 nitrogen and oxygen atoms in total. The number of anilines is 2. The number of pyridine rings is 2. The van der Waals surface area contributed by atoms with Crippen LogP contribution in [0.1, 0.15) is 17.1 Å². The van der Waals surface area contributed by atoms with Crippen molar-refractivity contribution in [1.82, 2.24) is 9.97 Å². The third-order valence-electron chi connectivity index (χ3n) is 2.45. The average molecular weight is 228 g/mol. The van der Waals surface area contributed by atoms with Crippen LogP contribution < -0.4 is 11.1 Å². The maximum absolute atomic E-state index is 5.84. The van der Waals surface area contributed by atoms with E-state index in [0.29, 0.717) is 18.1 Å². The molecular formula is C13H16N4. The van der Waals surface area contributed by atoms with Gasteiger partial charge in [0.25, 0.3) is 0 Å². The SMILES string of the molecule is Cc1cccc(CNc2nc(C)ccc2N)n1. The van der Waals surface area contributed by atoms with E-state index in [1.165, 1.54) is 0 Å². The molecular weight excluding hydrogens is 212 g/mol. The highest BCUT2D eigenvalue weighted by molar-refractivity contribution is 5.61. The van der Waals surface area contributed by atoms with Gasteiger partial charge in [-0.2, -0.15) is 0 Å². The van der Waals surface area contributed by atoms with Gasteiger partial charge in [-0.05, 0) is 38.1 Å². The van der Waals surface area contributed by atoms with Gasteiger partial charge in [0.2, 0.25) is 0 Å². The average Bonchev–Trinajstić information content (AvgIpc) is 2.30. The fraction of sp³-hybridized carbons (Fsp3) is 0.231. The van der Waals surface area contributed by atoms with E-state index in [9.17, 15) is 0 Å². The monoisotopic (exact) mass is 228 g/mol. The lowest BCUT2D eigenvalue weighted by molar-refractivity contribution is 1.00. The van der Waals surface area contributed by atoms with Crippen molar-refractivity contribution in [1.29, 1.82) is 0 Å². The van der Waals surface area contributed by atoms with Crippen LogP contribution in [-0.4, -0.2) is 9.97 Å². The first-order valence-electron chi connectivity index (χ1n) is 5.54. The highest BCUT2D eigenvalue weighted by Gasteiger charge is 2.01. The van der Waals surface area contributed by atoms with Crippen LogP contribution in [0.3, 0.4) is 0 Å². The molecule has 2 aromatic rings. The van der Waals surface area contributed by atoms with Gasteiger partial charge in [0, 0.05) is 11.4 Å². The molecule has 0 unspecified atom stereocenters. The maximum atomic E-state index is 5.84. The number of nitrogen functional groups attached to an aromatic ring is 1. The second-order valence-electron chi connectivity index (χ2n) is 4.01. The van der Waals surface area contributed by atoms with Crippen molar-refractivity contribution in [3.8, 4) is 0 Å². The normalized spacial score (nSPS) is 10.2. The lowest BCUT2D eigenvalue weighted by atomic mass is 10.3. The fourth-order valence-electron chi connectivity index (χ4n) is 1.58. The van der Waals surface area contributed by atoms with Crippen molar-refractivity contribution < 1.29 is 0 Å². The third-order valence-corrected chi connectivity index (χ3v) is 2.45. The van der Waals surface area contributed by atoms with Crippen LogP contribution in [0.5, 0.6) is 0 Å². The summed E-state index contributed by atoms with van der Waals surface area (Å²) in [7, 11) is 0. The first-order chi connectivity index (χ1) is 8.15. The number of hydrogen-bond donors (Lipinski definition) is 2. The zero-order valence-corrected chi connectivity index (χ0v) is 10.1. The zero-order chi connectivity index (χ0) is 12.3. The van der Waals surface area contributed by atoms with E-state index in [-0.39, 0.29) is 0 Å². The number of aryl methyl sites for hydroxylation is 2. The Bertz CT molecular complexity index is 523. The summed E-state index contributed by atoms with van der Waals surface area (Å²) in [4.78, 5) is 8.76. The van der Waals surface area contributed by atoms with Gasteiger partial charge in [0.05, 0.1) is 17.9 Å². The topological polar surface area (TPSA) is 63.8 Å². The molecule has 2 rings (SSSR count). The largest absolute Gasteiger partial charge is 0.396 e. The minimum atomic E-state index is 0.627. The molecule has 0 aliphatic carbocycles. The summed E-state index contributed by atoms with van der Waals surface area (Å²) in [5.74, 6) is 0.716. The summed E-state index contributed by atoms with van der Waals surface area (Å²) < 4.78 is 0. The summed E-state index contributed by atoms with van der Waals surface area (Å²) in [5, 5.41) is 3.20. The van der Waals surface area contributed by atoms with Crippen LogP contribution in [0.4, 0.5) is 11.5 Å². The summed E-state index contributed by atoms with van der Waals surface area (Å²) in [6.45, 7) is 4.54. The number of nitrogens with one attached hydrogen (secondary N) is 1. The van der Waals surface area contributed by atoms with Crippen LogP contribution in [-0.2, 0) is 6.54 Å². The summed E-state index contributed by atoms with van der Waals surface area (Å²) >= 11 is 0. The van der Waals surface area contributed by atoms with Crippen LogP contribution in [0.15, 0.2) is 30.3 Å². The Morgan fingerprint density at radius 1 is 1.06 bits per heavy atom. The molecule has 0 saturated carbocycles. The molecule has 0 spiro atoms. The van der Waals surface area contributed by atoms with Crippen LogP contribution in [0.25, 0.3) is 0 Å². The Hall–Kier alpha value is -2.10. The summed E-state index contributed by atoms with van der Waals surface area (Å²) in [5.41, 5.74) is 9.43. The molecule has 0 bridgehead atoms. The Labute approximate surface area is 101 Å². The number of nitrogens with two attached hydrogens (primary N) is 1. The molecule has 0 fully saturated rings. The molecule has 0 atom stereocenters. The van der Waals surface area contributed by atoms with E-state index in [4.69, 9.17) is 5.73 Å². The van der Waals surface area contributed by atoms with Gasteiger partial charge in [0.15, 0.2) is 0 Å². The van der Waals surface area contributed by atoms with Crippen molar-refractivity contribution in [2.75, 3.05) is 11.1 Å². The highest BCUT2D eigenvalue weighted by atomic mass is 15.0. The molecule has 2 heterocycles. The van der Waals surface area contributed by atoms with Gasteiger partial charge in [-0.25, -0.2) is 4.98 Å². The standard InChI is InChI=1S/C13H16N4/c1-9-4-3-5-11(16-9)8-15-13-12(14)7-6-10(2)17-13/h3-7H,8,14H2,1-2H3,(H,15,17). The molecule has 0 aromatic carbocycles. The number of hydrogen-bond acceptors (Lipinski definition) is 4. The summed E-state index contributed by atoms with van der Waals surface area (Å²) in [6, 6.07) is 9.70. The van der Waals surface area contributed by atoms with Gasteiger partial charge in [-0.1, -0.05) is 6.07 Å². The minimum Gasteiger partial charge on any atom is -0.396 e. The van der Waals surface area contributed by atoms with E-state index < -0.39 is 0 Å². The van der Waals surface area contributed by atoms with Crippen molar-refractivity contribution >= 4 is 11.5 Å². The quantitative estimate of drug-likeness (QED) is 0.846. The van der Waals surface area contributed by atoms with Crippen molar-refractivity contribution in [3.05, 3.63) is 47.4 Å². The predicted molar refractivity (Wildman–Crippen MR) is 69.7 cm³/mol. The molecule has 88 valence electrons. The molecule has 3 N–H and O–H groups in total. The zero-order valence-electron chi connectivity index (χ0n) is 10.1. The van der Waals surface area contributed by atoms with Gasteiger partial charge in [-0.15, -0.1) is 0 Å². The Morgan fingerprint density at radius 2 is 1.82 bits per heavy atom. The van der Waals surface area contributed by atoms with E-state index in [1.807, 2.05) is 44.2 Å². The van der Waals surface area contributed by atoms with Crippen molar-refractivity contribution in [3.63, 3.8) is 0 Å². The van der Waals surface area contributed by atoms with E-state index >= 15 is 0 Å². The first-order valence-corrected chi connectivity index (χ1v) is 5.54. The molecule has 17 heavy (non-hydrogen) atoms. The molecule has 0 radical (unpaired) electrons. The molecule has 0 saturated heterocycles. The van der Waals surface area contributed by atoms with Gasteiger partial charge >= 0.3 is 0 Å². The second-order valence-corrected chi connectivity index (χ2v) is 4.01. The van der Waals surface area contributed by atoms with Gasteiger partial charge < -0.3 is 11.1 Å². The van der Waals surface area contributed by atoms with Crippen molar-refractivity contribution in [2.45, 2.75) is 20.4 Å². The molecule has 4 heteroatoms. The van der Waals surface area contributed by atoms with Crippen LogP contribution in [0.2, 0.25) is 0 Å². The first kappa shape index (κ1) is 11.4. The minimum absolute atomic E-state index is 0.627. The molecule has 0 amide bonds. The second kappa shape index (κ2) is 4.82. The van der Waals surface area contributed by atoms with E-state index in [1.54, 1.807) is 0 Å².